The van der Waals surface area contributed by atoms with E-state index in [1.54, 1.807) is 6.07 Å². The average Bonchev–Trinajstić information content (AvgIpc) is 2.91. The molecule has 1 aliphatic heterocycles. The van der Waals surface area contributed by atoms with Gasteiger partial charge >= 0.3 is 0 Å². The fourth-order valence-electron chi connectivity index (χ4n) is 3.35. The van der Waals surface area contributed by atoms with E-state index in [0.717, 1.165) is 5.56 Å². The van der Waals surface area contributed by atoms with Crippen molar-refractivity contribution in [3.05, 3.63) is 87.2 Å². The molecule has 0 spiro atoms. The van der Waals surface area contributed by atoms with Crippen molar-refractivity contribution in [2.45, 2.75) is 19.4 Å². The number of rotatable bonds is 6. The highest BCUT2D eigenvalue weighted by atomic mass is 16.6. The molecule has 0 unspecified atom stereocenters. The molecule has 0 aromatic heterocycles. The zero-order chi connectivity index (χ0) is 19.6. The van der Waals surface area contributed by atoms with E-state index in [2.05, 4.69) is 0 Å². The first-order valence-electron chi connectivity index (χ1n) is 8.44. The van der Waals surface area contributed by atoms with Gasteiger partial charge in [0.2, 0.25) is 0 Å². The van der Waals surface area contributed by atoms with Gasteiger partial charge in [0.05, 0.1) is 22.1 Å². The fourth-order valence-corrected chi connectivity index (χ4v) is 3.35. The normalized spacial score (nSPS) is 16.7. The molecule has 0 saturated carbocycles. The van der Waals surface area contributed by atoms with Gasteiger partial charge in [-0.1, -0.05) is 42.5 Å². The summed E-state index contributed by atoms with van der Waals surface area (Å²) in [4.78, 5) is 36.9. The molecule has 0 saturated heterocycles. The quantitative estimate of drug-likeness (QED) is 0.625. The monoisotopic (exact) mass is 366 g/mol. The molecule has 3 rings (SSSR count). The number of amides is 1. The minimum atomic E-state index is -0.986. The van der Waals surface area contributed by atoms with E-state index in [1.165, 1.54) is 30.0 Å². The first kappa shape index (κ1) is 18.3. The van der Waals surface area contributed by atoms with Crippen LogP contribution in [0.25, 0.3) is 0 Å². The minimum Gasteiger partial charge on any atom is -0.503 e. The van der Waals surface area contributed by atoms with Gasteiger partial charge in [0, 0.05) is 12.6 Å². The number of ketones is 1. The standard InChI is InChI=1S/C20H18N2O5/c1-13(23)17-18(15-9-5-6-10-16(15)22(26)27)21(20(25)19(17)24)12-11-14-7-3-2-4-8-14/h2-10,18,24H,11-12H2,1H3/t18-/m1/s1. The molecule has 7 heteroatoms. The van der Waals surface area contributed by atoms with Gasteiger partial charge in [-0.2, -0.15) is 0 Å². The van der Waals surface area contributed by atoms with Crippen LogP contribution in [0.2, 0.25) is 0 Å². The Hall–Kier alpha value is -3.48. The van der Waals surface area contributed by atoms with Crippen LogP contribution < -0.4 is 0 Å². The number of para-hydroxylation sites is 1. The number of nitrogens with zero attached hydrogens (tertiary/aromatic N) is 2. The predicted octanol–water partition coefficient (Wildman–Crippen LogP) is 3.12. The molecular formula is C20H18N2O5. The Morgan fingerprint density at radius 1 is 1.15 bits per heavy atom. The number of hydrogen-bond donors (Lipinski definition) is 1. The Morgan fingerprint density at radius 2 is 1.78 bits per heavy atom. The molecule has 2 aromatic carbocycles. The SMILES string of the molecule is CC(=O)C1=C(O)C(=O)N(CCc2ccccc2)[C@@H]1c1ccccc1[N+](=O)[O-]. The van der Waals surface area contributed by atoms with E-state index in [0.29, 0.717) is 6.42 Å². The smallest absolute Gasteiger partial charge is 0.290 e. The van der Waals surface area contributed by atoms with Crippen molar-refractivity contribution in [1.29, 1.82) is 0 Å². The molecule has 1 atom stereocenters. The highest BCUT2D eigenvalue weighted by molar-refractivity contribution is 6.08. The number of carbonyl (C=O) groups excluding carboxylic acids is 2. The molecule has 2 aromatic rings. The molecular weight excluding hydrogens is 348 g/mol. The summed E-state index contributed by atoms with van der Waals surface area (Å²) in [7, 11) is 0. The second-order valence-electron chi connectivity index (χ2n) is 6.27. The molecule has 0 bridgehead atoms. The van der Waals surface area contributed by atoms with Crippen LogP contribution >= 0.6 is 0 Å². The summed E-state index contributed by atoms with van der Waals surface area (Å²) in [5.41, 5.74) is 0.872. The molecule has 0 radical (unpaired) electrons. The molecule has 7 nitrogen and oxygen atoms in total. The lowest BCUT2D eigenvalue weighted by atomic mass is 9.95. The van der Waals surface area contributed by atoms with Gasteiger partial charge < -0.3 is 10.0 Å². The van der Waals surface area contributed by atoms with Gasteiger partial charge in [-0.05, 0) is 25.0 Å². The third-order valence-electron chi connectivity index (χ3n) is 4.60. The van der Waals surface area contributed by atoms with E-state index in [4.69, 9.17) is 0 Å². The van der Waals surface area contributed by atoms with E-state index < -0.39 is 28.4 Å². The van der Waals surface area contributed by atoms with Gasteiger partial charge in [-0.3, -0.25) is 19.7 Å². The first-order valence-corrected chi connectivity index (χ1v) is 8.44. The van der Waals surface area contributed by atoms with Crippen LogP contribution in [0.4, 0.5) is 5.69 Å². The second-order valence-corrected chi connectivity index (χ2v) is 6.27. The zero-order valence-corrected chi connectivity index (χ0v) is 14.7. The Kier molecular flexibility index (Phi) is 5.03. The predicted molar refractivity (Wildman–Crippen MR) is 98.0 cm³/mol. The second kappa shape index (κ2) is 7.41. The minimum absolute atomic E-state index is 0.109. The van der Waals surface area contributed by atoms with Crippen LogP contribution in [-0.2, 0) is 16.0 Å². The summed E-state index contributed by atoms with van der Waals surface area (Å²) in [5.74, 6) is -1.83. The van der Waals surface area contributed by atoms with Crippen molar-refractivity contribution in [3.8, 4) is 0 Å². The maximum absolute atomic E-state index is 12.6. The summed E-state index contributed by atoms with van der Waals surface area (Å²) >= 11 is 0. The lowest BCUT2D eigenvalue weighted by Gasteiger charge is -2.26. The van der Waals surface area contributed by atoms with Gasteiger partial charge in [-0.25, -0.2) is 0 Å². The molecule has 27 heavy (non-hydrogen) atoms. The number of benzene rings is 2. The van der Waals surface area contributed by atoms with Crippen LogP contribution in [0.3, 0.4) is 0 Å². The van der Waals surface area contributed by atoms with Gasteiger partial charge in [0.15, 0.2) is 11.5 Å². The zero-order valence-electron chi connectivity index (χ0n) is 14.7. The van der Waals surface area contributed by atoms with Crippen LogP contribution in [0.15, 0.2) is 65.9 Å². The van der Waals surface area contributed by atoms with Crippen molar-refractivity contribution in [2.75, 3.05) is 6.54 Å². The molecule has 0 fully saturated rings. The molecule has 1 heterocycles. The third kappa shape index (κ3) is 3.44. The Bertz CT molecular complexity index is 936. The fraction of sp³-hybridized carbons (Fsp3) is 0.200. The largest absolute Gasteiger partial charge is 0.503 e. The molecule has 1 N–H and O–H groups in total. The van der Waals surface area contributed by atoms with E-state index >= 15 is 0 Å². The maximum Gasteiger partial charge on any atom is 0.290 e. The number of aliphatic hydroxyl groups is 1. The Morgan fingerprint density at radius 3 is 2.41 bits per heavy atom. The van der Waals surface area contributed by atoms with Crippen LogP contribution in [0.1, 0.15) is 24.1 Å². The summed E-state index contributed by atoms with van der Waals surface area (Å²) in [6.07, 6.45) is 0.488. The third-order valence-corrected chi connectivity index (χ3v) is 4.60. The first-order chi connectivity index (χ1) is 12.9. The average molecular weight is 366 g/mol. The van der Waals surface area contributed by atoms with E-state index in [-0.39, 0.29) is 23.4 Å². The van der Waals surface area contributed by atoms with Crippen LogP contribution in [0, 0.1) is 10.1 Å². The Balaban J connectivity index is 2.03. The van der Waals surface area contributed by atoms with E-state index in [9.17, 15) is 24.8 Å². The van der Waals surface area contributed by atoms with Crippen molar-refractivity contribution >= 4 is 17.4 Å². The van der Waals surface area contributed by atoms with Crippen LogP contribution in [0.5, 0.6) is 0 Å². The molecule has 1 aliphatic rings. The van der Waals surface area contributed by atoms with Gasteiger partial charge in [0.25, 0.3) is 11.6 Å². The number of nitro benzene ring substituents is 1. The van der Waals surface area contributed by atoms with Crippen molar-refractivity contribution in [3.63, 3.8) is 0 Å². The van der Waals surface area contributed by atoms with Crippen molar-refractivity contribution in [1.82, 2.24) is 4.90 Å². The molecule has 138 valence electrons. The van der Waals surface area contributed by atoms with Crippen molar-refractivity contribution in [2.24, 2.45) is 0 Å². The summed E-state index contributed by atoms with van der Waals surface area (Å²) in [6.45, 7) is 1.45. The number of aliphatic hydroxyl groups excluding tert-OH is 1. The highest BCUT2D eigenvalue weighted by Gasteiger charge is 2.44. The summed E-state index contributed by atoms with van der Waals surface area (Å²) in [6, 6.07) is 14.4. The number of nitro groups is 1. The summed E-state index contributed by atoms with van der Waals surface area (Å²) in [5, 5.41) is 21.7. The molecule has 1 amide bonds. The van der Waals surface area contributed by atoms with E-state index in [1.807, 2.05) is 30.3 Å². The van der Waals surface area contributed by atoms with Crippen molar-refractivity contribution < 1.29 is 19.6 Å². The van der Waals surface area contributed by atoms with Gasteiger partial charge in [0.1, 0.15) is 0 Å². The lowest BCUT2D eigenvalue weighted by molar-refractivity contribution is -0.385. The number of carbonyl (C=O) groups is 2. The van der Waals surface area contributed by atoms with Crippen LogP contribution in [-0.4, -0.2) is 33.2 Å². The Labute approximate surface area is 155 Å². The topological polar surface area (TPSA) is 101 Å². The maximum atomic E-state index is 12.6. The highest BCUT2D eigenvalue weighted by Crippen LogP contribution is 2.41. The summed E-state index contributed by atoms with van der Waals surface area (Å²) < 4.78 is 0. The number of hydrogen-bond acceptors (Lipinski definition) is 5. The van der Waals surface area contributed by atoms with Gasteiger partial charge in [-0.15, -0.1) is 0 Å². The molecule has 0 aliphatic carbocycles. The lowest BCUT2D eigenvalue weighted by Crippen LogP contribution is -2.33. The number of Topliss-reactive ketones (excluding diaryl/α,β-unsaturated/α-hetero) is 1.